The lowest BCUT2D eigenvalue weighted by molar-refractivity contribution is -0.144. The first-order chi connectivity index (χ1) is 9.85. The SMILES string of the molecule is CC(C)c1ncc(Cl)c(C(=O)NC2(C(=O)O)CCOC2)n1. The Morgan fingerprint density at radius 1 is 1.52 bits per heavy atom. The van der Waals surface area contributed by atoms with Gasteiger partial charge in [-0.25, -0.2) is 14.8 Å². The van der Waals surface area contributed by atoms with Gasteiger partial charge in [0.1, 0.15) is 11.5 Å². The van der Waals surface area contributed by atoms with Crippen LogP contribution in [0.25, 0.3) is 0 Å². The van der Waals surface area contributed by atoms with Gasteiger partial charge in [0.05, 0.1) is 17.8 Å². The van der Waals surface area contributed by atoms with Gasteiger partial charge in [-0.3, -0.25) is 4.79 Å². The number of nitrogens with zero attached hydrogens (tertiary/aromatic N) is 2. The molecular weight excluding hydrogens is 298 g/mol. The number of hydrogen-bond donors (Lipinski definition) is 2. The average Bonchev–Trinajstić information content (AvgIpc) is 2.88. The van der Waals surface area contributed by atoms with Crippen molar-refractivity contribution in [2.45, 2.75) is 31.7 Å². The quantitative estimate of drug-likeness (QED) is 0.867. The van der Waals surface area contributed by atoms with E-state index in [1.54, 1.807) is 0 Å². The van der Waals surface area contributed by atoms with Gasteiger partial charge in [-0.15, -0.1) is 0 Å². The van der Waals surface area contributed by atoms with Gasteiger partial charge in [0.2, 0.25) is 0 Å². The maximum Gasteiger partial charge on any atom is 0.331 e. The van der Waals surface area contributed by atoms with Gasteiger partial charge < -0.3 is 15.2 Å². The minimum Gasteiger partial charge on any atom is -0.479 e. The molecule has 1 fully saturated rings. The molecule has 1 aliphatic rings. The van der Waals surface area contributed by atoms with Crippen molar-refractivity contribution >= 4 is 23.5 Å². The molecule has 0 aliphatic carbocycles. The van der Waals surface area contributed by atoms with Gasteiger partial charge in [-0.2, -0.15) is 0 Å². The number of carbonyl (C=O) groups excluding carboxylic acids is 1. The summed E-state index contributed by atoms with van der Waals surface area (Å²) in [5, 5.41) is 11.9. The Balaban J connectivity index is 2.28. The summed E-state index contributed by atoms with van der Waals surface area (Å²) in [4.78, 5) is 31.8. The molecule has 1 atom stereocenters. The maximum absolute atomic E-state index is 12.3. The Hall–Kier alpha value is -1.73. The van der Waals surface area contributed by atoms with Crippen LogP contribution in [-0.4, -0.2) is 45.7 Å². The van der Waals surface area contributed by atoms with E-state index in [9.17, 15) is 14.7 Å². The van der Waals surface area contributed by atoms with Crippen LogP contribution in [0.2, 0.25) is 5.02 Å². The third kappa shape index (κ3) is 3.14. The Morgan fingerprint density at radius 2 is 2.24 bits per heavy atom. The summed E-state index contributed by atoms with van der Waals surface area (Å²) in [5.74, 6) is -1.28. The van der Waals surface area contributed by atoms with Gasteiger partial charge >= 0.3 is 5.97 Å². The first-order valence-corrected chi connectivity index (χ1v) is 6.89. The van der Waals surface area contributed by atoms with Gasteiger partial charge in [0, 0.05) is 18.9 Å². The van der Waals surface area contributed by atoms with E-state index >= 15 is 0 Å². The molecule has 1 saturated heterocycles. The number of ether oxygens (including phenoxy) is 1. The van der Waals surface area contributed by atoms with E-state index in [0.29, 0.717) is 5.82 Å². The minimum absolute atomic E-state index is 0.0251. The highest BCUT2D eigenvalue weighted by atomic mass is 35.5. The lowest BCUT2D eigenvalue weighted by Gasteiger charge is -2.23. The summed E-state index contributed by atoms with van der Waals surface area (Å²) in [7, 11) is 0. The van der Waals surface area contributed by atoms with Gasteiger partial charge in [-0.1, -0.05) is 25.4 Å². The number of halogens is 1. The zero-order chi connectivity index (χ0) is 15.6. The van der Waals surface area contributed by atoms with Crippen molar-refractivity contribution in [2.24, 2.45) is 0 Å². The zero-order valence-electron chi connectivity index (χ0n) is 11.7. The van der Waals surface area contributed by atoms with E-state index in [-0.39, 0.29) is 36.3 Å². The molecule has 0 bridgehead atoms. The van der Waals surface area contributed by atoms with E-state index in [1.807, 2.05) is 13.8 Å². The van der Waals surface area contributed by atoms with Crippen molar-refractivity contribution in [1.82, 2.24) is 15.3 Å². The number of nitrogens with one attached hydrogen (secondary N) is 1. The molecule has 0 saturated carbocycles. The van der Waals surface area contributed by atoms with Crippen LogP contribution in [-0.2, 0) is 9.53 Å². The summed E-state index contributed by atoms with van der Waals surface area (Å²) >= 11 is 5.94. The standard InChI is InChI=1S/C13H16ClN3O4/c1-7(2)10-15-5-8(14)9(16-10)11(18)17-13(12(19)20)3-4-21-6-13/h5,7H,3-4,6H2,1-2H3,(H,17,18)(H,19,20). The number of carbonyl (C=O) groups is 2. The van der Waals surface area contributed by atoms with E-state index < -0.39 is 17.4 Å². The lowest BCUT2D eigenvalue weighted by Crippen LogP contribution is -2.55. The molecule has 8 heteroatoms. The van der Waals surface area contributed by atoms with Crippen LogP contribution in [0, 0.1) is 0 Å². The van der Waals surface area contributed by atoms with Crippen molar-refractivity contribution in [3.05, 3.63) is 22.7 Å². The molecular formula is C13H16ClN3O4. The average molecular weight is 314 g/mol. The van der Waals surface area contributed by atoms with Gasteiger partial charge in [0.25, 0.3) is 5.91 Å². The number of aromatic nitrogens is 2. The highest BCUT2D eigenvalue weighted by molar-refractivity contribution is 6.33. The van der Waals surface area contributed by atoms with Crippen molar-refractivity contribution in [3.63, 3.8) is 0 Å². The maximum atomic E-state index is 12.3. The smallest absolute Gasteiger partial charge is 0.331 e. The molecule has 7 nitrogen and oxygen atoms in total. The molecule has 2 rings (SSSR count). The highest BCUT2D eigenvalue weighted by Crippen LogP contribution is 2.22. The van der Waals surface area contributed by atoms with Crippen LogP contribution in [0.3, 0.4) is 0 Å². The monoisotopic (exact) mass is 313 g/mol. The highest BCUT2D eigenvalue weighted by Gasteiger charge is 2.44. The van der Waals surface area contributed by atoms with Crippen LogP contribution in [0.15, 0.2) is 6.20 Å². The summed E-state index contributed by atoms with van der Waals surface area (Å²) < 4.78 is 5.09. The van der Waals surface area contributed by atoms with E-state index in [4.69, 9.17) is 16.3 Å². The third-order valence-corrected chi connectivity index (χ3v) is 3.55. The predicted octanol–water partition coefficient (Wildman–Crippen LogP) is 1.23. The first kappa shape index (κ1) is 15.7. The number of aliphatic carboxylic acids is 1. The fraction of sp³-hybridized carbons (Fsp3) is 0.538. The Bertz CT molecular complexity index is 571. The van der Waals surface area contributed by atoms with Crippen LogP contribution >= 0.6 is 11.6 Å². The van der Waals surface area contributed by atoms with Crippen molar-refractivity contribution in [2.75, 3.05) is 13.2 Å². The Kier molecular flexibility index (Phi) is 4.43. The van der Waals surface area contributed by atoms with Crippen molar-refractivity contribution < 1.29 is 19.4 Å². The predicted molar refractivity (Wildman–Crippen MR) is 74.4 cm³/mol. The first-order valence-electron chi connectivity index (χ1n) is 6.52. The van der Waals surface area contributed by atoms with Crippen LogP contribution < -0.4 is 5.32 Å². The van der Waals surface area contributed by atoms with Crippen molar-refractivity contribution in [1.29, 1.82) is 0 Å². The molecule has 1 aromatic heterocycles. The minimum atomic E-state index is -1.43. The Morgan fingerprint density at radius 3 is 2.76 bits per heavy atom. The molecule has 1 aromatic rings. The fourth-order valence-electron chi connectivity index (χ4n) is 1.98. The summed E-state index contributed by atoms with van der Waals surface area (Å²) in [6, 6.07) is 0. The molecule has 1 unspecified atom stereocenters. The second-order valence-electron chi connectivity index (χ2n) is 5.22. The number of carboxylic acid groups (broad SMARTS) is 1. The largest absolute Gasteiger partial charge is 0.479 e. The van der Waals surface area contributed by atoms with Crippen LogP contribution in [0.1, 0.15) is 42.5 Å². The van der Waals surface area contributed by atoms with E-state index in [2.05, 4.69) is 15.3 Å². The van der Waals surface area contributed by atoms with Crippen LogP contribution in [0.5, 0.6) is 0 Å². The number of rotatable bonds is 4. The number of amides is 1. The third-order valence-electron chi connectivity index (χ3n) is 3.28. The van der Waals surface area contributed by atoms with E-state index in [1.165, 1.54) is 6.20 Å². The molecule has 2 N–H and O–H groups in total. The fourth-order valence-corrected chi connectivity index (χ4v) is 2.16. The molecule has 114 valence electrons. The molecule has 1 aliphatic heterocycles. The molecule has 21 heavy (non-hydrogen) atoms. The summed E-state index contributed by atoms with van der Waals surface area (Å²) in [6.45, 7) is 3.97. The molecule has 0 spiro atoms. The second-order valence-corrected chi connectivity index (χ2v) is 5.63. The summed E-state index contributed by atoms with van der Waals surface area (Å²) in [5.41, 5.74) is -1.45. The number of carboxylic acids is 1. The van der Waals surface area contributed by atoms with Crippen LogP contribution in [0.4, 0.5) is 0 Å². The molecule has 2 heterocycles. The Labute approximate surface area is 126 Å². The van der Waals surface area contributed by atoms with E-state index in [0.717, 1.165) is 0 Å². The topological polar surface area (TPSA) is 101 Å². The molecule has 1 amide bonds. The normalized spacial score (nSPS) is 21.5. The molecule has 0 aromatic carbocycles. The number of hydrogen-bond acceptors (Lipinski definition) is 5. The van der Waals surface area contributed by atoms with Gasteiger partial charge in [0.15, 0.2) is 5.54 Å². The lowest BCUT2D eigenvalue weighted by atomic mass is 9.99. The molecule has 0 radical (unpaired) electrons. The second kappa shape index (κ2) is 5.95. The zero-order valence-corrected chi connectivity index (χ0v) is 12.5. The summed E-state index contributed by atoms with van der Waals surface area (Å²) in [6.07, 6.45) is 1.55. The van der Waals surface area contributed by atoms with Crippen molar-refractivity contribution in [3.8, 4) is 0 Å². The van der Waals surface area contributed by atoms with Gasteiger partial charge in [-0.05, 0) is 0 Å².